The molecule has 0 saturated carbocycles. The van der Waals surface area contributed by atoms with Gasteiger partial charge in [-0.2, -0.15) is 0 Å². The Morgan fingerprint density at radius 2 is 1.88 bits per heavy atom. The van der Waals surface area contributed by atoms with Crippen LogP contribution in [0.15, 0.2) is 25.2 Å². The van der Waals surface area contributed by atoms with Gasteiger partial charge in [0.25, 0.3) is 14.3 Å². The number of hydrogen-bond acceptors (Lipinski definition) is 2. The Bertz CT molecular complexity index is 251. The highest BCUT2D eigenvalue weighted by molar-refractivity contribution is 6.74. The van der Waals surface area contributed by atoms with E-state index in [-0.39, 0.29) is 11.1 Å². The van der Waals surface area contributed by atoms with E-state index in [1.54, 1.807) is 0 Å². The van der Waals surface area contributed by atoms with Gasteiger partial charge in [0, 0.05) is 6.42 Å². The van der Waals surface area contributed by atoms with Crippen molar-refractivity contribution in [3.63, 3.8) is 0 Å². The van der Waals surface area contributed by atoms with Crippen molar-refractivity contribution in [2.45, 2.75) is 58.4 Å². The fourth-order valence-corrected chi connectivity index (χ4v) is 1.89. The third-order valence-electron chi connectivity index (χ3n) is 3.01. The zero-order valence-corrected chi connectivity index (χ0v) is 12.6. The van der Waals surface area contributed by atoms with E-state index in [4.69, 9.17) is 9.16 Å². The molecule has 0 aromatic rings. The van der Waals surface area contributed by atoms with E-state index in [0.717, 1.165) is 6.42 Å². The van der Waals surface area contributed by atoms with Crippen LogP contribution in [0.4, 0.5) is 0 Å². The molecule has 0 bridgehead atoms. The maximum absolute atomic E-state index is 5.91. The summed E-state index contributed by atoms with van der Waals surface area (Å²) in [7, 11) is -1.81. The number of hydrogen-bond donors (Lipinski definition) is 0. The molecule has 0 fully saturated rings. The summed E-state index contributed by atoms with van der Waals surface area (Å²) in [5.74, 6) is 0.445. The topological polar surface area (TPSA) is 18.5 Å². The summed E-state index contributed by atoms with van der Waals surface area (Å²) in [5.41, 5.74) is 0. The molecule has 0 spiro atoms. The van der Waals surface area contributed by atoms with Crippen molar-refractivity contribution >= 4 is 8.32 Å². The van der Waals surface area contributed by atoms with E-state index in [2.05, 4.69) is 47.0 Å². The lowest BCUT2D eigenvalue weighted by Crippen LogP contribution is -2.40. The van der Waals surface area contributed by atoms with E-state index >= 15 is 0 Å². The minimum absolute atomic E-state index is 0.0785. The van der Waals surface area contributed by atoms with Gasteiger partial charge in [-0.05, 0) is 31.6 Å². The summed E-state index contributed by atoms with van der Waals surface area (Å²) in [6.07, 6.45) is 2.72. The van der Waals surface area contributed by atoms with Crippen LogP contribution >= 0.6 is 0 Å². The van der Waals surface area contributed by atoms with Crippen LogP contribution in [0.25, 0.3) is 0 Å². The van der Waals surface area contributed by atoms with Gasteiger partial charge < -0.3 is 9.16 Å². The van der Waals surface area contributed by atoms with Crippen LogP contribution in [0.1, 0.15) is 34.1 Å². The van der Waals surface area contributed by atoms with Gasteiger partial charge in [-0.3, -0.25) is 0 Å². The quantitative estimate of drug-likeness (QED) is 0.389. The number of rotatable bonds is 6. The van der Waals surface area contributed by atoms with Crippen molar-refractivity contribution in [2.24, 2.45) is 0 Å². The smallest absolute Gasteiger partial charge is 0.257 e. The lowest BCUT2D eigenvalue weighted by atomic mass is 10.2. The van der Waals surface area contributed by atoms with Crippen molar-refractivity contribution < 1.29 is 9.16 Å². The molecule has 94 valence electrons. The summed E-state index contributed by atoms with van der Waals surface area (Å²) in [6, 6.07) is 0. The monoisotopic (exact) mass is 242 g/mol. The molecular weight excluding hydrogens is 216 g/mol. The minimum atomic E-state index is -1.81. The molecule has 0 aliphatic rings. The maximum Gasteiger partial charge on any atom is 0.257 e. The second-order valence-electron chi connectivity index (χ2n) is 5.69. The molecule has 0 heterocycles. The molecule has 0 radical (unpaired) electrons. The molecule has 0 aliphatic carbocycles. The Morgan fingerprint density at radius 3 is 2.25 bits per heavy atom. The standard InChI is InChI=1S/C13H26O2Si/c1-9-10-11(2)14-12(3)15-16(7,8)13(4,5)6/h9,11H,1,3,10H2,2,4-8H3/t11-/m0/s1. The highest BCUT2D eigenvalue weighted by atomic mass is 28.4. The van der Waals surface area contributed by atoms with Gasteiger partial charge in [0.1, 0.15) is 6.10 Å². The third-order valence-corrected chi connectivity index (χ3v) is 7.36. The summed E-state index contributed by atoms with van der Waals surface area (Å²) in [6.45, 7) is 20.4. The molecule has 1 atom stereocenters. The number of ether oxygens (including phenoxy) is 1. The fourth-order valence-electron chi connectivity index (χ4n) is 0.969. The molecule has 0 N–H and O–H groups in total. The molecule has 0 aliphatic heterocycles. The predicted molar refractivity (Wildman–Crippen MR) is 72.8 cm³/mol. The van der Waals surface area contributed by atoms with Crippen LogP contribution in [-0.4, -0.2) is 14.4 Å². The van der Waals surface area contributed by atoms with E-state index < -0.39 is 8.32 Å². The lowest BCUT2D eigenvalue weighted by molar-refractivity contribution is 0.0505. The third kappa shape index (κ3) is 4.88. The van der Waals surface area contributed by atoms with Crippen LogP contribution in [0.2, 0.25) is 18.1 Å². The van der Waals surface area contributed by atoms with Crippen LogP contribution in [-0.2, 0) is 9.16 Å². The first-order chi connectivity index (χ1) is 7.10. The normalized spacial score (nSPS) is 14.1. The van der Waals surface area contributed by atoms with Gasteiger partial charge in [-0.25, -0.2) is 0 Å². The van der Waals surface area contributed by atoms with Crippen molar-refractivity contribution in [1.29, 1.82) is 0 Å². The molecule has 0 amide bonds. The first-order valence-electron chi connectivity index (χ1n) is 5.75. The van der Waals surface area contributed by atoms with Crippen molar-refractivity contribution in [3.05, 3.63) is 25.2 Å². The van der Waals surface area contributed by atoms with Gasteiger partial charge in [-0.15, -0.1) is 6.58 Å². The molecule has 16 heavy (non-hydrogen) atoms. The Hall–Kier alpha value is -0.703. The highest BCUT2D eigenvalue weighted by Crippen LogP contribution is 2.37. The zero-order chi connectivity index (χ0) is 13.0. The molecule has 0 aromatic carbocycles. The second kappa shape index (κ2) is 5.57. The zero-order valence-electron chi connectivity index (χ0n) is 11.6. The molecule has 0 aromatic heterocycles. The Labute approximate surface area is 101 Å². The maximum atomic E-state index is 5.91. The van der Waals surface area contributed by atoms with Gasteiger partial charge in [-0.1, -0.05) is 26.8 Å². The van der Waals surface area contributed by atoms with E-state index in [1.807, 2.05) is 13.0 Å². The highest BCUT2D eigenvalue weighted by Gasteiger charge is 2.39. The predicted octanol–water partition coefficient (Wildman–Crippen LogP) is 4.46. The van der Waals surface area contributed by atoms with Crippen LogP contribution in [0.5, 0.6) is 0 Å². The summed E-state index contributed by atoms with van der Waals surface area (Å²) >= 11 is 0. The van der Waals surface area contributed by atoms with Gasteiger partial charge in [0.05, 0.1) is 0 Å². The fraction of sp³-hybridized carbons (Fsp3) is 0.692. The Morgan fingerprint density at radius 1 is 1.38 bits per heavy atom. The van der Waals surface area contributed by atoms with Crippen LogP contribution in [0.3, 0.4) is 0 Å². The first kappa shape index (κ1) is 15.3. The van der Waals surface area contributed by atoms with Gasteiger partial charge in [0.15, 0.2) is 0 Å². The molecule has 0 rings (SSSR count). The van der Waals surface area contributed by atoms with E-state index in [9.17, 15) is 0 Å². The molecule has 0 saturated heterocycles. The van der Waals surface area contributed by atoms with Gasteiger partial charge in [0.2, 0.25) is 0 Å². The van der Waals surface area contributed by atoms with E-state index in [1.165, 1.54) is 0 Å². The molecular formula is C13H26O2Si. The Balaban J connectivity index is 4.30. The van der Waals surface area contributed by atoms with Crippen LogP contribution < -0.4 is 0 Å². The molecule has 3 heteroatoms. The molecule has 0 unspecified atom stereocenters. The van der Waals surface area contributed by atoms with Crippen LogP contribution in [0, 0.1) is 0 Å². The largest absolute Gasteiger partial charge is 0.519 e. The Kier molecular flexibility index (Phi) is 5.33. The summed E-state index contributed by atoms with van der Waals surface area (Å²) in [4.78, 5) is 0. The first-order valence-corrected chi connectivity index (χ1v) is 8.66. The second-order valence-corrected chi connectivity index (χ2v) is 10.4. The average molecular weight is 242 g/mol. The average Bonchev–Trinajstić information content (AvgIpc) is 1.99. The molecule has 2 nitrogen and oxygen atoms in total. The van der Waals surface area contributed by atoms with Crippen molar-refractivity contribution in [3.8, 4) is 0 Å². The lowest BCUT2D eigenvalue weighted by Gasteiger charge is -2.37. The van der Waals surface area contributed by atoms with E-state index in [0.29, 0.717) is 5.95 Å². The van der Waals surface area contributed by atoms with Gasteiger partial charge >= 0.3 is 0 Å². The van der Waals surface area contributed by atoms with Crippen molar-refractivity contribution in [2.75, 3.05) is 0 Å². The summed E-state index contributed by atoms with van der Waals surface area (Å²) in [5, 5.41) is 0.168. The van der Waals surface area contributed by atoms with Crippen molar-refractivity contribution in [1.82, 2.24) is 0 Å². The minimum Gasteiger partial charge on any atom is -0.519 e. The summed E-state index contributed by atoms with van der Waals surface area (Å²) < 4.78 is 11.5. The SMILES string of the molecule is C=CC[C@H](C)OC(=C)O[Si](C)(C)C(C)(C)C.